The summed E-state index contributed by atoms with van der Waals surface area (Å²) in [4.78, 5) is 16.0. The van der Waals surface area contributed by atoms with Gasteiger partial charge in [-0.05, 0) is 41.9 Å². The van der Waals surface area contributed by atoms with E-state index in [0.29, 0.717) is 5.69 Å². The van der Waals surface area contributed by atoms with Crippen molar-refractivity contribution in [3.8, 4) is 0 Å². The molecule has 2 heterocycles. The SMILES string of the molecule is Cc1nc(Br)ccc1NC(=O)COC1(C)CNC1. The molecule has 0 saturated carbocycles. The van der Waals surface area contributed by atoms with Crippen molar-refractivity contribution in [1.29, 1.82) is 0 Å². The summed E-state index contributed by atoms with van der Waals surface area (Å²) in [6.45, 7) is 5.48. The summed E-state index contributed by atoms with van der Waals surface area (Å²) in [5.74, 6) is -0.157. The second kappa shape index (κ2) is 5.34. The smallest absolute Gasteiger partial charge is 0.250 e. The molecular weight excluding hydrogens is 298 g/mol. The topological polar surface area (TPSA) is 63.2 Å². The highest BCUT2D eigenvalue weighted by Crippen LogP contribution is 2.17. The summed E-state index contributed by atoms with van der Waals surface area (Å²) >= 11 is 3.28. The van der Waals surface area contributed by atoms with Crippen molar-refractivity contribution in [2.24, 2.45) is 0 Å². The Balaban J connectivity index is 1.87. The fraction of sp³-hybridized carbons (Fsp3) is 0.500. The molecule has 1 aromatic heterocycles. The molecule has 0 aliphatic carbocycles. The summed E-state index contributed by atoms with van der Waals surface area (Å²) in [6, 6.07) is 3.61. The van der Waals surface area contributed by atoms with Gasteiger partial charge in [0.25, 0.3) is 0 Å². The molecule has 6 heteroatoms. The maximum Gasteiger partial charge on any atom is 0.250 e. The lowest BCUT2D eigenvalue weighted by Gasteiger charge is -2.38. The molecule has 1 aliphatic rings. The van der Waals surface area contributed by atoms with Crippen LogP contribution in [0.25, 0.3) is 0 Å². The number of carbonyl (C=O) groups is 1. The van der Waals surface area contributed by atoms with Gasteiger partial charge in [-0.1, -0.05) is 0 Å². The number of aromatic nitrogens is 1. The summed E-state index contributed by atoms with van der Waals surface area (Å²) in [7, 11) is 0. The van der Waals surface area contributed by atoms with Crippen LogP contribution in [0.4, 0.5) is 5.69 Å². The van der Waals surface area contributed by atoms with Crippen LogP contribution >= 0.6 is 15.9 Å². The molecule has 0 bridgehead atoms. The summed E-state index contributed by atoms with van der Waals surface area (Å²) in [5, 5.41) is 5.91. The average molecular weight is 314 g/mol. The van der Waals surface area contributed by atoms with Gasteiger partial charge in [0.1, 0.15) is 11.2 Å². The molecule has 0 aromatic carbocycles. The molecule has 0 radical (unpaired) electrons. The van der Waals surface area contributed by atoms with Gasteiger partial charge in [-0.25, -0.2) is 4.98 Å². The fourth-order valence-electron chi connectivity index (χ4n) is 1.67. The number of aryl methyl sites for hydroxylation is 1. The first-order chi connectivity index (χ1) is 8.48. The normalized spacial score (nSPS) is 17.1. The molecule has 0 unspecified atom stereocenters. The van der Waals surface area contributed by atoms with Crippen molar-refractivity contribution in [2.75, 3.05) is 25.0 Å². The van der Waals surface area contributed by atoms with E-state index in [4.69, 9.17) is 4.74 Å². The molecule has 0 spiro atoms. The van der Waals surface area contributed by atoms with E-state index in [0.717, 1.165) is 23.4 Å². The number of carbonyl (C=O) groups excluding carboxylic acids is 1. The summed E-state index contributed by atoms with van der Waals surface area (Å²) < 4.78 is 6.31. The van der Waals surface area contributed by atoms with Crippen LogP contribution in [-0.2, 0) is 9.53 Å². The Bertz CT molecular complexity index is 461. The molecule has 1 amide bonds. The van der Waals surface area contributed by atoms with Gasteiger partial charge in [0.2, 0.25) is 5.91 Å². The van der Waals surface area contributed by atoms with Crippen molar-refractivity contribution in [3.05, 3.63) is 22.4 Å². The third kappa shape index (κ3) is 3.28. The van der Waals surface area contributed by atoms with Crippen LogP contribution in [0.3, 0.4) is 0 Å². The number of rotatable bonds is 4. The monoisotopic (exact) mass is 313 g/mol. The number of ether oxygens (including phenoxy) is 1. The van der Waals surface area contributed by atoms with Crippen molar-refractivity contribution in [2.45, 2.75) is 19.4 Å². The molecule has 18 heavy (non-hydrogen) atoms. The highest BCUT2D eigenvalue weighted by molar-refractivity contribution is 9.10. The fourth-order valence-corrected chi connectivity index (χ4v) is 2.07. The predicted octanol–water partition coefficient (Wildman–Crippen LogP) is 1.47. The van der Waals surface area contributed by atoms with E-state index >= 15 is 0 Å². The minimum Gasteiger partial charge on any atom is -0.363 e. The van der Waals surface area contributed by atoms with Crippen molar-refractivity contribution < 1.29 is 9.53 Å². The van der Waals surface area contributed by atoms with Gasteiger partial charge in [-0.3, -0.25) is 4.79 Å². The van der Waals surface area contributed by atoms with Crippen LogP contribution in [0.1, 0.15) is 12.6 Å². The van der Waals surface area contributed by atoms with Gasteiger partial charge < -0.3 is 15.4 Å². The standard InChI is InChI=1S/C12H16BrN3O2/c1-8-9(3-4-10(13)15-8)16-11(17)5-18-12(2)6-14-7-12/h3-4,14H,5-7H2,1-2H3,(H,16,17). The van der Waals surface area contributed by atoms with Crippen molar-refractivity contribution in [3.63, 3.8) is 0 Å². The van der Waals surface area contributed by atoms with E-state index < -0.39 is 0 Å². The number of halogens is 1. The zero-order valence-corrected chi connectivity index (χ0v) is 12.0. The number of nitrogens with zero attached hydrogens (tertiary/aromatic N) is 1. The quantitative estimate of drug-likeness (QED) is 0.826. The Labute approximate surface area is 114 Å². The zero-order valence-electron chi connectivity index (χ0n) is 10.4. The van der Waals surface area contributed by atoms with E-state index in [1.54, 1.807) is 6.07 Å². The van der Waals surface area contributed by atoms with E-state index in [1.807, 2.05) is 19.9 Å². The first-order valence-electron chi connectivity index (χ1n) is 5.76. The lowest BCUT2D eigenvalue weighted by molar-refractivity contribution is -0.130. The van der Waals surface area contributed by atoms with Crippen LogP contribution in [0.2, 0.25) is 0 Å². The second-order valence-electron chi connectivity index (χ2n) is 4.66. The number of anilines is 1. The van der Waals surface area contributed by atoms with Crippen LogP contribution < -0.4 is 10.6 Å². The molecule has 1 aliphatic heterocycles. The van der Waals surface area contributed by atoms with Crippen LogP contribution in [0.5, 0.6) is 0 Å². The first-order valence-corrected chi connectivity index (χ1v) is 6.55. The first kappa shape index (κ1) is 13.5. The Morgan fingerprint density at radius 1 is 1.61 bits per heavy atom. The molecule has 98 valence electrons. The molecule has 2 rings (SSSR count). The van der Waals surface area contributed by atoms with Gasteiger partial charge in [-0.2, -0.15) is 0 Å². The van der Waals surface area contributed by atoms with Crippen LogP contribution in [-0.4, -0.2) is 36.2 Å². The number of pyridine rings is 1. The van der Waals surface area contributed by atoms with E-state index in [1.165, 1.54) is 0 Å². The lowest BCUT2D eigenvalue weighted by Crippen LogP contribution is -2.59. The number of amides is 1. The maximum atomic E-state index is 11.7. The molecule has 1 saturated heterocycles. The molecule has 5 nitrogen and oxygen atoms in total. The molecular formula is C12H16BrN3O2. The maximum absolute atomic E-state index is 11.7. The lowest BCUT2D eigenvalue weighted by atomic mass is 10.0. The predicted molar refractivity (Wildman–Crippen MR) is 72.5 cm³/mol. The Kier molecular flexibility index (Phi) is 3.99. The third-order valence-electron chi connectivity index (χ3n) is 2.88. The Hall–Kier alpha value is -0.980. The van der Waals surface area contributed by atoms with Gasteiger partial charge in [-0.15, -0.1) is 0 Å². The van der Waals surface area contributed by atoms with Crippen molar-refractivity contribution >= 4 is 27.5 Å². The molecule has 1 aromatic rings. The van der Waals surface area contributed by atoms with Gasteiger partial charge in [0.15, 0.2) is 0 Å². The van der Waals surface area contributed by atoms with Gasteiger partial charge in [0, 0.05) is 13.1 Å². The minimum atomic E-state index is -0.204. The van der Waals surface area contributed by atoms with E-state index in [9.17, 15) is 4.79 Å². The minimum absolute atomic E-state index is 0.0632. The van der Waals surface area contributed by atoms with Crippen molar-refractivity contribution in [1.82, 2.24) is 10.3 Å². The summed E-state index contributed by atoms with van der Waals surface area (Å²) in [6.07, 6.45) is 0. The Morgan fingerprint density at radius 3 is 2.89 bits per heavy atom. The number of hydrogen-bond acceptors (Lipinski definition) is 4. The van der Waals surface area contributed by atoms with E-state index in [-0.39, 0.29) is 18.1 Å². The largest absolute Gasteiger partial charge is 0.363 e. The van der Waals surface area contributed by atoms with Crippen LogP contribution in [0.15, 0.2) is 16.7 Å². The third-order valence-corrected chi connectivity index (χ3v) is 3.32. The molecule has 0 atom stereocenters. The molecule has 2 N–H and O–H groups in total. The number of hydrogen-bond donors (Lipinski definition) is 2. The van der Waals surface area contributed by atoms with E-state index in [2.05, 4.69) is 31.5 Å². The highest BCUT2D eigenvalue weighted by atomic mass is 79.9. The zero-order chi connectivity index (χ0) is 13.2. The summed E-state index contributed by atoms with van der Waals surface area (Å²) in [5.41, 5.74) is 1.28. The second-order valence-corrected chi connectivity index (χ2v) is 5.47. The van der Waals surface area contributed by atoms with Gasteiger partial charge in [0.05, 0.1) is 17.0 Å². The number of nitrogens with one attached hydrogen (secondary N) is 2. The average Bonchev–Trinajstić information content (AvgIpc) is 2.28. The highest BCUT2D eigenvalue weighted by Gasteiger charge is 2.33. The van der Waals surface area contributed by atoms with Gasteiger partial charge >= 0.3 is 0 Å². The Morgan fingerprint density at radius 2 is 2.33 bits per heavy atom. The van der Waals surface area contributed by atoms with Crippen LogP contribution in [0, 0.1) is 6.92 Å². The molecule has 1 fully saturated rings.